The highest BCUT2D eigenvalue weighted by Gasteiger charge is 2.19. The molecule has 2 N–H and O–H groups in total. The quantitative estimate of drug-likeness (QED) is 0.655. The maximum absolute atomic E-state index is 13.1. The Hall–Kier alpha value is -0.960. The van der Waals surface area contributed by atoms with Crippen LogP contribution in [-0.2, 0) is 6.42 Å². The highest BCUT2D eigenvalue weighted by Crippen LogP contribution is 2.37. The molecule has 0 bridgehead atoms. The molecule has 0 aromatic heterocycles. The molecule has 0 aliphatic carbocycles. The second-order valence-electron chi connectivity index (χ2n) is 3.01. The van der Waals surface area contributed by atoms with E-state index >= 15 is 0 Å². The highest BCUT2D eigenvalue weighted by molar-refractivity contribution is 6.32. The van der Waals surface area contributed by atoms with Crippen LogP contribution in [0.5, 0.6) is 5.75 Å². The molecular weight excluding hydrogens is 193 g/mol. The number of hydrogen-bond acceptors (Lipinski definition) is 2. The fraction of sp³-hybridized carbons (Fsp3) is 0.333. The van der Waals surface area contributed by atoms with E-state index in [0.717, 1.165) is 12.8 Å². The Labute approximate surface area is 80.4 Å². The smallest absolute Gasteiger partial charge is 0.148 e. The summed E-state index contributed by atoms with van der Waals surface area (Å²) in [5.41, 5.74) is 6.43. The first kappa shape index (κ1) is 8.63. The number of nitrogens with two attached hydrogens (primary N) is 1. The van der Waals surface area contributed by atoms with Crippen molar-refractivity contribution in [2.45, 2.75) is 12.8 Å². The van der Waals surface area contributed by atoms with Gasteiger partial charge in [0.2, 0.25) is 0 Å². The molecule has 2 nitrogen and oxygen atoms in total. The SMILES string of the molecule is Nc1c(F)cc(Cl)c2c1CCCO2. The Morgan fingerprint density at radius 2 is 2.31 bits per heavy atom. The van der Waals surface area contributed by atoms with E-state index in [2.05, 4.69) is 0 Å². The summed E-state index contributed by atoms with van der Waals surface area (Å²) in [5, 5.41) is 0.307. The Morgan fingerprint density at radius 1 is 1.54 bits per heavy atom. The Bertz CT molecular complexity index is 354. The van der Waals surface area contributed by atoms with Crippen LogP contribution in [0.1, 0.15) is 12.0 Å². The molecule has 1 aliphatic rings. The lowest BCUT2D eigenvalue weighted by Crippen LogP contribution is -2.12. The van der Waals surface area contributed by atoms with Crippen molar-refractivity contribution in [2.24, 2.45) is 0 Å². The Balaban J connectivity index is 2.63. The molecule has 0 radical (unpaired) electrons. The second kappa shape index (κ2) is 3.07. The van der Waals surface area contributed by atoms with Crippen LogP contribution in [0.15, 0.2) is 6.07 Å². The number of ether oxygens (including phenoxy) is 1. The summed E-state index contributed by atoms with van der Waals surface area (Å²) in [6.45, 7) is 0.623. The average Bonchev–Trinajstić information content (AvgIpc) is 2.15. The standard InChI is InChI=1S/C9H9ClFNO/c10-6-4-7(11)8(12)5-2-1-3-13-9(5)6/h4H,1-3,12H2. The van der Waals surface area contributed by atoms with Gasteiger partial charge in [-0.3, -0.25) is 0 Å². The minimum Gasteiger partial charge on any atom is -0.492 e. The molecule has 2 rings (SSSR count). The number of hydrogen-bond donors (Lipinski definition) is 1. The maximum atomic E-state index is 13.1. The summed E-state index contributed by atoms with van der Waals surface area (Å²) in [4.78, 5) is 0. The normalized spacial score (nSPS) is 14.9. The van der Waals surface area contributed by atoms with Crippen molar-refractivity contribution >= 4 is 17.3 Å². The molecule has 13 heavy (non-hydrogen) atoms. The summed E-state index contributed by atoms with van der Waals surface area (Å²) < 4.78 is 18.4. The van der Waals surface area contributed by atoms with E-state index in [0.29, 0.717) is 22.9 Å². The largest absolute Gasteiger partial charge is 0.492 e. The molecule has 0 fully saturated rings. The Morgan fingerprint density at radius 3 is 3.08 bits per heavy atom. The zero-order chi connectivity index (χ0) is 9.42. The lowest BCUT2D eigenvalue weighted by molar-refractivity contribution is 0.288. The molecule has 0 saturated heterocycles. The van der Waals surface area contributed by atoms with Crippen molar-refractivity contribution in [1.29, 1.82) is 0 Å². The maximum Gasteiger partial charge on any atom is 0.148 e. The summed E-state index contributed by atoms with van der Waals surface area (Å²) in [6.07, 6.45) is 1.59. The van der Waals surface area contributed by atoms with Crippen molar-refractivity contribution in [1.82, 2.24) is 0 Å². The zero-order valence-electron chi connectivity index (χ0n) is 6.94. The van der Waals surface area contributed by atoms with Crippen molar-refractivity contribution in [3.8, 4) is 5.75 Å². The lowest BCUT2D eigenvalue weighted by Gasteiger charge is -2.20. The summed E-state index contributed by atoms with van der Waals surface area (Å²) in [6, 6.07) is 1.20. The fourth-order valence-corrected chi connectivity index (χ4v) is 1.76. The van der Waals surface area contributed by atoms with Crippen LogP contribution in [0.25, 0.3) is 0 Å². The molecule has 0 spiro atoms. The summed E-state index contributed by atoms with van der Waals surface area (Å²) in [7, 11) is 0. The van der Waals surface area contributed by atoms with Gasteiger partial charge in [0.05, 0.1) is 17.3 Å². The third-order valence-electron chi connectivity index (χ3n) is 2.14. The molecule has 0 unspecified atom stereocenters. The third kappa shape index (κ3) is 1.33. The zero-order valence-corrected chi connectivity index (χ0v) is 7.70. The van der Waals surface area contributed by atoms with E-state index in [4.69, 9.17) is 22.1 Å². The Kier molecular flexibility index (Phi) is 2.04. The lowest BCUT2D eigenvalue weighted by atomic mass is 10.0. The van der Waals surface area contributed by atoms with E-state index in [9.17, 15) is 4.39 Å². The highest BCUT2D eigenvalue weighted by atomic mass is 35.5. The van der Waals surface area contributed by atoms with Crippen molar-refractivity contribution in [2.75, 3.05) is 12.3 Å². The van der Waals surface area contributed by atoms with Gasteiger partial charge in [0.1, 0.15) is 11.6 Å². The topological polar surface area (TPSA) is 35.2 Å². The number of fused-ring (bicyclic) bond motifs is 1. The van der Waals surface area contributed by atoms with E-state index in [1.807, 2.05) is 0 Å². The predicted molar refractivity (Wildman–Crippen MR) is 49.6 cm³/mol. The van der Waals surface area contributed by atoms with Gasteiger partial charge in [-0.15, -0.1) is 0 Å². The van der Waals surface area contributed by atoms with Gasteiger partial charge in [-0.2, -0.15) is 0 Å². The number of anilines is 1. The molecule has 1 aromatic carbocycles. The van der Waals surface area contributed by atoms with Crippen LogP contribution in [0.2, 0.25) is 5.02 Å². The molecule has 1 aromatic rings. The minimum atomic E-state index is -0.464. The second-order valence-corrected chi connectivity index (χ2v) is 3.42. The minimum absolute atomic E-state index is 0.166. The van der Waals surface area contributed by atoms with Crippen LogP contribution >= 0.6 is 11.6 Å². The molecular formula is C9H9ClFNO. The number of nitrogen functional groups attached to an aromatic ring is 1. The number of rotatable bonds is 0. The third-order valence-corrected chi connectivity index (χ3v) is 2.43. The van der Waals surface area contributed by atoms with Gasteiger partial charge in [-0.05, 0) is 18.9 Å². The average molecular weight is 202 g/mol. The first-order chi connectivity index (χ1) is 6.20. The first-order valence-corrected chi connectivity index (χ1v) is 4.47. The van der Waals surface area contributed by atoms with Crippen LogP contribution in [0.3, 0.4) is 0 Å². The molecule has 0 amide bonds. The van der Waals surface area contributed by atoms with Crippen LogP contribution in [0.4, 0.5) is 10.1 Å². The predicted octanol–water partition coefficient (Wildman–Crippen LogP) is 2.39. The van der Waals surface area contributed by atoms with Gasteiger partial charge >= 0.3 is 0 Å². The number of halogens is 2. The summed E-state index contributed by atoms with van der Waals surface area (Å²) in [5.74, 6) is 0.0843. The summed E-state index contributed by atoms with van der Waals surface area (Å²) >= 11 is 5.80. The molecule has 1 heterocycles. The van der Waals surface area contributed by atoms with E-state index < -0.39 is 5.82 Å². The molecule has 70 valence electrons. The van der Waals surface area contributed by atoms with Gasteiger partial charge in [0.25, 0.3) is 0 Å². The van der Waals surface area contributed by atoms with E-state index in [1.54, 1.807) is 0 Å². The van der Waals surface area contributed by atoms with Crippen molar-refractivity contribution < 1.29 is 9.13 Å². The molecule has 0 atom stereocenters. The fourth-order valence-electron chi connectivity index (χ4n) is 1.49. The first-order valence-electron chi connectivity index (χ1n) is 4.09. The van der Waals surface area contributed by atoms with Gasteiger partial charge in [0.15, 0.2) is 0 Å². The van der Waals surface area contributed by atoms with Gasteiger partial charge in [-0.25, -0.2) is 4.39 Å². The molecule has 0 saturated carbocycles. The molecule has 4 heteroatoms. The van der Waals surface area contributed by atoms with E-state index in [1.165, 1.54) is 6.07 Å². The van der Waals surface area contributed by atoms with Crippen molar-refractivity contribution in [3.05, 3.63) is 22.5 Å². The van der Waals surface area contributed by atoms with Crippen LogP contribution in [0, 0.1) is 5.82 Å². The van der Waals surface area contributed by atoms with Gasteiger partial charge < -0.3 is 10.5 Å². The van der Waals surface area contributed by atoms with E-state index in [-0.39, 0.29) is 5.69 Å². The monoisotopic (exact) mass is 201 g/mol. The molecule has 1 aliphatic heterocycles. The van der Waals surface area contributed by atoms with Gasteiger partial charge in [0, 0.05) is 5.56 Å². The van der Waals surface area contributed by atoms with Gasteiger partial charge in [-0.1, -0.05) is 11.6 Å². The van der Waals surface area contributed by atoms with Crippen LogP contribution in [-0.4, -0.2) is 6.61 Å². The van der Waals surface area contributed by atoms with Crippen LogP contribution < -0.4 is 10.5 Å². The number of benzene rings is 1. The van der Waals surface area contributed by atoms with Crippen molar-refractivity contribution in [3.63, 3.8) is 0 Å².